The summed E-state index contributed by atoms with van der Waals surface area (Å²) in [6, 6.07) is 5.91. The first-order valence-electron chi connectivity index (χ1n) is 13.0. The van der Waals surface area contributed by atoms with Gasteiger partial charge in [-0.1, -0.05) is 20.8 Å². The molecule has 3 rings (SSSR count). The Kier molecular flexibility index (Phi) is 9.95. The van der Waals surface area contributed by atoms with Crippen molar-refractivity contribution in [2.75, 3.05) is 11.8 Å². The van der Waals surface area contributed by atoms with E-state index >= 15 is 4.39 Å². The second-order valence-electron chi connectivity index (χ2n) is 9.29. The number of ether oxygens (including phenoxy) is 1. The molecule has 192 valence electrons. The van der Waals surface area contributed by atoms with Crippen molar-refractivity contribution in [2.45, 2.75) is 102 Å². The second kappa shape index (κ2) is 12.3. The van der Waals surface area contributed by atoms with Gasteiger partial charge >= 0.3 is 192 Å². The van der Waals surface area contributed by atoms with Gasteiger partial charge in [-0.05, 0) is 0 Å². The maximum absolute atomic E-state index is 16.3. The molecule has 1 fully saturated rings. The first kappa shape index (κ1) is 28.3. The van der Waals surface area contributed by atoms with E-state index in [0.717, 1.165) is 36.3 Å². The molecule has 0 saturated carbocycles. The third kappa shape index (κ3) is 5.68. The molecule has 0 bridgehead atoms. The van der Waals surface area contributed by atoms with Gasteiger partial charge in [0.15, 0.2) is 0 Å². The van der Waals surface area contributed by atoms with Crippen molar-refractivity contribution in [2.24, 2.45) is 0 Å². The average molecular weight is 519 g/mol. The van der Waals surface area contributed by atoms with E-state index in [1.165, 1.54) is 13.3 Å². The number of halogens is 1. The fraction of sp³-hybridized carbons (Fsp3) is 0.773. The van der Waals surface area contributed by atoms with Crippen molar-refractivity contribution in [3.63, 3.8) is 0 Å². The summed E-state index contributed by atoms with van der Waals surface area (Å²) in [5.74, 6) is 0.517. The number of nitrogens with zero attached hydrogens (tertiary/aromatic N) is 4. The Labute approximate surface area is 212 Å². The van der Waals surface area contributed by atoms with Crippen LogP contribution in [-0.2, 0) is 13.6 Å². The molecule has 0 amide bonds. The normalized spacial score (nSPS) is 23.0. The van der Waals surface area contributed by atoms with E-state index < -0.39 is 41.2 Å². The Morgan fingerprint density at radius 1 is 1.03 bits per heavy atom. The van der Waals surface area contributed by atoms with Crippen LogP contribution >= 0.6 is 0 Å². The second-order valence-corrected chi connectivity index (χ2v) is 18.8. The number of rotatable bonds is 14. The van der Waals surface area contributed by atoms with Crippen molar-refractivity contribution in [3.8, 4) is 0 Å². The molecule has 1 N–H and O–H groups in total. The van der Waals surface area contributed by atoms with Crippen LogP contribution < -0.4 is 5.23 Å². The van der Waals surface area contributed by atoms with Gasteiger partial charge in [0.2, 0.25) is 0 Å². The average Bonchev–Trinajstić information content (AvgIpc) is 3.45. The van der Waals surface area contributed by atoms with Gasteiger partial charge in [0, 0.05) is 0 Å². The summed E-state index contributed by atoms with van der Waals surface area (Å²) in [5, 5.41) is 2.96. The zero-order valence-corrected chi connectivity index (χ0v) is 24.1. The summed E-state index contributed by atoms with van der Waals surface area (Å²) in [6.45, 7) is 14.9. The summed E-state index contributed by atoms with van der Waals surface area (Å²) in [5.41, 5.74) is 1.04. The molecule has 8 nitrogen and oxygen atoms in total. The summed E-state index contributed by atoms with van der Waals surface area (Å²) < 4.78 is 37.6. The third-order valence-corrected chi connectivity index (χ3v) is 17.2. The van der Waals surface area contributed by atoms with Crippen molar-refractivity contribution in [3.05, 3.63) is 12.7 Å². The maximum atomic E-state index is 16.3. The molecule has 0 spiro atoms. The molecule has 4 atom stereocenters. The van der Waals surface area contributed by atoms with Gasteiger partial charge in [0.1, 0.15) is 0 Å². The first-order valence-corrected chi connectivity index (χ1v) is 18.1. The molecule has 0 radical (unpaired) electrons. The molecule has 3 heterocycles. The van der Waals surface area contributed by atoms with Gasteiger partial charge in [0.05, 0.1) is 0 Å². The Bertz CT molecular complexity index is 963. The number of nitrogens with one attached hydrogen (secondary N) is 1. The van der Waals surface area contributed by atoms with Crippen LogP contribution in [0.3, 0.4) is 0 Å². The number of fused-ring (bicyclic) bond motifs is 1. The van der Waals surface area contributed by atoms with Gasteiger partial charge in [-0.25, -0.2) is 0 Å². The molecule has 2 aromatic rings. The predicted molar refractivity (Wildman–Crippen MR) is 146 cm³/mol. The van der Waals surface area contributed by atoms with Gasteiger partial charge in [-0.2, -0.15) is 0 Å². The van der Waals surface area contributed by atoms with Gasteiger partial charge in [-0.15, -0.1) is 0 Å². The molecule has 1 saturated heterocycles. The Morgan fingerprint density at radius 3 is 2.23 bits per heavy atom. The molecule has 0 aromatic carbocycles. The summed E-state index contributed by atoms with van der Waals surface area (Å²) >= 11 is 0. The van der Waals surface area contributed by atoms with E-state index in [4.69, 9.17) is 13.6 Å². The molecule has 0 aliphatic carbocycles. The molecule has 13 heteroatoms. The zero-order chi connectivity index (χ0) is 25.6. The topological polar surface area (TPSA) is 83.3 Å². The van der Waals surface area contributed by atoms with Crippen LogP contribution in [0.15, 0.2) is 12.7 Å². The predicted octanol–water partition coefficient (Wildman–Crippen LogP) is 4.32. The van der Waals surface area contributed by atoms with Crippen LogP contribution in [0.2, 0.25) is 36.3 Å². The number of hydrogen-bond acceptors (Lipinski definition) is 7. The molecular weight excluding hydrogens is 479 g/mol. The molecule has 1 aliphatic heterocycles. The van der Waals surface area contributed by atoms with Crippen LogP contribution in [0.1, 0.15) is 47.8 Å². The van der Waals surface area contributed by atoms with E-state index in [0.29, 0.717) is 23.6 Å². The molecule has 35 heavy (non-hydrogen) atoms. The summed E-state index contributed by atoms with van der Waals surface area (Å²) in [7, 11) is -0.278. The van der Waals surface area contributed by atoms with E-state index in [2.05, 4.69) is 69.1 Å². The summed E-state index contributed by atoms with van der Waals surface area (Å²) in [6.07, 6.45) is -0.455. The number of alkyl halides is 1. The fourth-order valence-corrected chi connectivity index (χ4v) is 10.5. The fourth-order valence-electron chi connectivity index (χ4n) is 5.04. The van der Waals surface area contributed by atoms with Gasteiger partial charge in [0.25, 0.3) is 0 Å². The van der Waals surface area contributed by atoms with Crippen LogP contribution in [-0.4, -0.2) is 75.4 Å². The van der Waals surface area contributed by atoms with Gasteiger partial charge in [-0.3, -0.25) is 0 Å². The minimum atomic E-state index is -2.09. The quantitative estimate of drug-likeness (QED) is 0.373. The third-order valence-electron chi connectivity index (χ3n) is 7.94. The molecular formula is C22H40B2FN5O3Si2. The minimum absolute atomic E-state index is 0.343. The Morgan fingerprint density at radius 2 is 1.66 bits per heavy atom. The van der Waals surface area contributed by atoms with Crippen LogP contribution in [0.5, 0.6) is 0 Å². The Hall–Kier alpha value is -1.28. The number of imidazole rings is 1. The monoisotopic (exact) mass is 519 g/mol. The first-order chi connectivity index (χ1) is 16.9. The van der Waals surface area contributed by atoms with E-state index in [-0.39, 0.29) is 0 Å². The van der Waals surface area contributed by atoms with Crippen LogP contribution in [0, 0.1) is 0 Å². The number of hydrogen-bond donors (Lipinski definition) is 1. The zero-order valence-electron chi connectivity index (χ0n) is 22.1. The van der Waals surface area contributed by atoms with E-state index in [1.54, 1.807) is 10.9 Å². The Balaban J connectivity index is 1.95. The molecule has 0 unspecified atom stereocenters. The van der Waals surface area contributed by atoms with Crippen molar-refractivity contribution < 1.29 is 18.0 Å². The van der Waals surface area contributed by atoms with Crippen molar-refractivity contribution in [1.29, 1.82) is 0 Å². The number of anilines is 1. The van der Waals surface area contributed by atoms with E-state index in [9.17, 15) is 0 Å². The molecule has 1 aliphatic rings. The van der Waals surface area contributed by atoms with E-state index in [1.807, 2.05) is 0 Å². The number of aromatic nitrogens is 4. The van der Waals surface area contributed by atoms with Crippen molar-refractivity contribution in [1.82, 2.24) is 19.5 Å². The van der Waals surface area contributed by atoms with Crippen molar-refractivity contribution >= 4 is 47.9 Å². The van der Waals surface area contributed by atoms with Crippen LogP contribution in [0.4, 0.5) is 10.2 Å². The summed E-state index contributed by atoms with van der Waals surface area (Å²) in [4.78, 5) is 13.0. The SMILES string of the molecule is B=BNc1ncnc2c1ncn2[C@@H]1O[C@H](CO[Si](CC)(CC)CC)[C@@H](O[Si](CC)(CC)CC)[C@@H]1F. The standard InChI is InChI=1S/C22H40B2FN5O3Si2/c1-7-34(8-2,9-3)31-13-16-19(33-35(10-4,11-5)12-6)17(25)22(32-16)30-15-28-18-20(29-24-23)26-14-27-21(18)30/h14-17,19,22-23H,7-13H2,1-6H3,(H,26,27,29)/t16-,17+,19-,22-/m1/s1. The molecule has 2 aromatic heterocycles. The van der Waals surface area contributed by atoms with Gasteiger partial charge < -0.3 is 0 Å². The van der Waals surface area contributed by atoms with Crippen LogP contribution in [0.25, 0.3) is 11.2 Å².